The quantitative estimate of drug-likeness (QED) is 0.372. The first-order valence-electron chi connectivity index (χ1n) is 12.7. The fourth-order valence-electron chi connectivity index (χ4n) is 4.49. The molecule has 2 aromatic heterocycles. The van der Waals surface area contributed by atoms with E-state index in [1.165, 1.54) is 0 Å². The van der Waals surface area contributed by atoms with Crippen molar-refractivity contribution in [2.45, 2.75) is 45.9 Å². The van der Waals surface area contributed by atoms with E-state index in [2.05, 4.69) is 39.8 Å². The van der Waals surface area contributed by atoms with Crippen LogP contribution in [0.4, 0.5) is 4.79 Å². The zero-order valence-electron chi connectivity index (χ0n) is 21.6. The molecule has 1 atom stereocenters. The Bertz CT molecular complexity index is 1460. The van der Waals surface area contributed by atoms with Crippen LogP contribution in [0.1, 0.15) is 44.4 Å². The van der Waals surface area contributed by atoms with Crippen molar-refractivity contribution >= 4 is 28.4 Å². The van der Waals surface area contributed by atoms with Crippen LogP contribution in [-0.4, -0.2) is 63.3 Å². The first-order valence-corrected chi connectivity index (χ1v) is 12.7. The molecule has 206 valence electrons. The first-order chi connectivity index (χ1) is 18.3. The van der Waals surface area contributed by atoms with Crippen LogP contribution in [0.3, 0.4) is 0 Å². The molecule has 3 N–H and O–H groups in total. The van der Waals surface area contributed by atoms with Gasteiger partial charge in [-0.2, -0.15) is 0 Å². The number of pyridine rings is 1. The summed E-state index contributed by atoms with van der Waals surface area (Å²) < 4.78 is 12.8. The molecule has 10 nitrogen and oxygen atoms in total. The normalized spacial score (nSPS) is 14.6. The van der Waals surface area contributed by atoms with E-state index in [0.717, 1.165) is 16.3 Å². The highest BCUT2D eigenvalue weighted by atomic mass is 16.6. The summed E-state index contributed by atoms with van der Waals surface area (Å²) in [6.07, 6.45) is 0.0702. The maximum Gasteiger partial charge on any atom is 0.410 e. The number of rotatable bonds is 7. The number of morpholine rings is 1. The number of nitrogens with zero attached hydrogens (tertiary/aromatic N) is 4. The second-order valence-electron chi connectivity index (χ2n) is 10.1. The number of carbonyl (C=O) groups excluding carboxylic acids is 2. The summed E-state index contributed by atoms with van der Waals surface area (Å²) in [5.41, 5.74) is 7.33. The molecular weight excluding hydrogens is 496 g/mol. The highest BCUT2D eigenvalue weighted by Crippen LogP contribution is 2.24. The third-order valence-electron chi connectivity index (χ3n) is 6.60. The summed E-state index contributed by atoms with van der Waals surface area (Å²) in [5.74, 6) is 0.222. The van der Waals surface area contributed by atoms with Crippen molar-refractivity contribution < 1.29 is 19.1 Å². The molecule has 3 heterocycles. The Labute approximate surface area is 228 Å². The Balaban J connectivity index is 0.00000353. The number of aromatic nitrogens is 3. The van der Waals surface area contributed by atoms with Gasteiger partial charge in [-0.15, -0.1) is 10.2 Å². The monoisotopic (exact) mass is 532 g/mol. The zero-order valence-corrected chi connectivity index (χ0v) is 21.6. The summed E-state index contributed by atoms with van der Waals surface area (Å²) in [6.45, 7) is 5.33. The third kappa shape index (κ3) is 6.35. The predicted octanol–water partition coefficient (Wildman–Crippen LogP) is 3.62. The van der Waals surface area contributed by atoms with E-state index in [1.54, 1.807) is 18.7 Å². The number of carbonyl (C=O) groups is 2. The summed E-state index contributed by atoms with van der Waals surface area (Å²) in [4.78, 5) is 27.2. The Morgan fingerprint density at radius 1 is 1.05 bits per heavy atom. The maximum atomic E-state index is 13.0. The van der Waals surface area contributed by atoms with Crippen molar-refractivity contribution in [1.82, 2.24) is 24.8 Å². The lowest BCUT2D eigenvalue weighted by Gasteiger charge is -2.26. The zero-order chi connectivity index (χ0) is 26.7. The Morgan fingerprint density at radius 3 is 2.54 bits per heavy atom. The van der Waals surface area contributed by atoms with Crippen LogP contribution in [0, 0.1) is 0 Å². The van der Waals surface area contributed by atoms with Gasteiger partial charge in [-0.05, 0) is 48.7 Å². The van der Waals surface area contributed by atoms with Crippen LogP contribution < -0.4 is 11.1 Å². The molecule has 0 radical (unpaired) electrons. The van der Waals surface area contributed by atoms with Gasteiger partial charge >= 0.3 is 6.09 Å². The van der Waals surface area contributed by atoms with Crippen molar-refractivity contribution in [3.05, 3.63) is 77.7 Å². The van der Waals surface area contributed by atoms with Gasteiger partial charge in [0.25, 0.3) is 0 Å². The summed E-state index contributed by atoms with van der Waals surface area (Å²) >= 11 is 0. The van der Waals surface area contributed by atoms with Gasteiger partial charge in [-0.3, -0.25) is 9.20 Å². The lowest BCUT2D eigenvalue weighted by atomic mass is 9.99. The van der Waals surface area contributed by atoms with E-state index in [1.807, 2.05) is 40.8 Å². The molecule has 39 heavy (non-hydrogen) atoms. The van der Waals surface area contributed by atoms with Crippen LogP contribution in [0.2, 0.25) is 0 Å². The van der Waals surface area contributed by atoms with E-state index in [0.29, 0.717) is 49.9 Å². The fraction of sp³-hybridized carbons (Fsp3) is 0.379. The van der Waals surface area contributed by atoms with Gasteiger partial charge < -0.3 is 25.4 Å². The van der Waals surface area contributed by atoms with Gasteiger partial charge in [0.2, 0.25) is 5.91 Å². The van der Waals surface area contributed by atoms with Gasteiger partial charge in [-0.1, -0.05) is 56.0 Å². The second-order valence-corrected chi connectivity index (χ2v) is 10.1. The highest BCUT2D eigenvalue weighted by molar-refractivity contribution is 5.85. The standard InChI is InChI=1S/C28H32N6O4.CH4/c1-28(2,29)26(35)30-23(17-19-10-11-20-6-3-4-7-21(20)16-19)25-32-31-24-9-5-8-22(34(24)25)18-38-27(36)33-12-14-37-15-13-33;/h3-11,16,23H,12-15,17-18,29H2,1-2H3,(H,30,35);1H4/t23-;/m1./s1. The highest BCUT2D eigenvalue weighted by Gasteiger charge is 2.29. The molecule has 0 aliphatic carbocycles. The number of nitrogens with one attached hydrogen (secondary N) is 1. The van der Waals surface area contributed by atoms with Crippen LogP contribution in [0.5, 0.6) is 0 Å². The smallest absolute Gasteiger partial charge is 0.410 e. The van der Waals surface area contributed by atoms with Crippen LogP contribution >= 0.6 is 0 Å². The molecule has 5 rings (SSSR count). The van der Waals surface area contributed by atoms with Crippen LogP contribution in [-0.2, 0) is 27.3 Å². The van der Waals surface area contributed by atoms with E-state index in [-0.39, 0.29) is 19.9 Å². The molecule has 10 heteroatoms. The average molecular weight is 533 g/mol. The van der Waals surface area contributed by atoms with Crippen molar-refractivity contribution in [2.24, 2.45) is 5.73 Å². The molecule has 0 saturated carbocycles. The molecule has 0 spiro atoms. The number of ether oxygens (including phenoxy) is 2. The van der Waals surface area contributed by atoms with E-state index in [9.17, 15) is 9.59 Å². The Kier molecular flexibility index (Phi) is 8.47. The van der Waals surface area contributed by atoms with Crippen molar-refractivity contribution in [3.8, 4) is 0 Å². The topological polar surface area (TPSA) is 124 Å². The van der Waals surface area contributed by atoms with E-state index in [4.69, 9.17) is 15.2 Å². The van der Waals surface area contributed by atoms with Gasteiger partial charge in [0.15, 0.2) is 11.5 Å². The molecule has 1 aliphatic heterocycles. The van der Waals surface area contributed by atoms with Crippen LogP contribution in [0.25, 0.3) is 16.4 Å². The molecule has 0 unspecified atom stereocenters. The van der Waals surface area contributed by atoms with Crippen molar-refractivity contribution in [2.75, 3.05) is 26.3 Å². The van der Waals surface area contributed by atoms with Crippen molar-refractivity contribution in [1.29, 1.82) is 0 Å². The van der Waals surface area contributed by atoms with Gasteiger partial charge in [0, 0.05) is 13.1 Å². The number of nitrogens with two attached hydrogens (primary N) is 1. The Morgan fingerprint density at radius 2 is 1.79 bits per heavy atom. The number of hydrogen-bond donors (Lipinski definition) is 2. The summed E-state index contributed by atoms with van der Waals surface area (Å²) in [5, 5.41) is 14.1. The lowest BCUT2D eigenvalue weighted by molar-refractivity contribution is -0.126. The van der Waals surface area contributed by atoms with E-state index >= 15 is 0 Å². The molecular formula is C29H36N6O4. The van der Waals surface area contributed by atoms with Crippen LogP contribution in [0.15, 0.2) is 60.7 Å². The van der Waals surface area contributed by atoms with Gasteiger partial charge in [0.05, 0.1) is 30.5 Å². The molecule has 4 aromatic rings. The first kappa shape index (κ1) is 28.0. The molecule has 1 fully saturated rings. The molecule has 0 bridgehead atoms. The molecule has 2 aromatic carbocycles. The second kappa shape index (κ2) is 11.8. The SMILES string of the molecule is C.CC(C)(N)C(=O)N[C@H](Cc1ccc2ccccc2c1)c1nnc2cccc(COC(=O)N3CCOCC3)n12. The average Bonchev–Trinajstić information content (AvgIpc) is 3.36. The number of fused-ring (bicyclic) bond motifs is 2. The van der Waals surface area contributed by atoms with Gasteiger partial charge in [-0.25, -0.2) is 4.79 Å². The molecule has 1 aliphatic rings. The largest absolute Gasteiger partial charge is 0.443 e. The number of hydrogen-bond acceptors (Lipinski definition) is 7. The van der Waals surface area contributed by atoms with Crippen molar-refractivity contribution in [3.63, 3.8) is 0 Å². The van der Waals surface area contributed by atoms with E-state index < -0.39 is 17.7 Å². The minimum Gasteiger partial charge on any atom is -0.443 e. The third-order valence-corrected chi connectivity index (χ3v) is 6.60. The number of amides is 2. The minimum absolute atomic E-state index is 0. The number of benzene rings is 2. The molecule has 2 amide bonds. The summed E-state index contributed by atoms with van der Waals surface area (Å²) in [7, 11) is 0. The minimum atomic E-state index is -1.08. The molecule has 1 saturated heterocycles. The lowest BCUT2D eigenvalue weighted by Crippen LogP contribution is -2.50. The predicted molar refractivity (Wildman–Crippen MR) is 149 cm³/mol. The maximum absolute atomic E-state index is 13.0. The summed E-state index contributed by atoms with van der Waals surface area (Å²) in [6, 6.07) is 19.3. The Hall–Kier alpha value is -4.02. The fourth-order valence-corrected chi connectivity index (χ4v) is 4.49. The van der Waals surface area contributed by atoms with Gasteiger partial charge in [0.1, 0.15) is 6.61 Å².